The maximum absolute atomic E-state index is 12.1. The standard InChI is InChI=1S/C13H10ClN3O3S/c14-10-5-8(17(19)20)3-4-9(10)12(18)16-13-15-11(6-21-13)7-1-2-7/h3-7H,1-2H2,(H,15,16,18). The summed E-state index contributed by atoms with van der Waals surface area (Å²) >= 11 is 7.28. The zero-order valence-corrected chi connectivity index (χ0v) is 12.3. The van der Waals surface area contributed by atoms with Crippen LogP contribution in [0.4, 0.5) is 10.8 Å². The van der Waals surface area contributed by atoms with E-state index in [9.17, 15) is 14.9 Å². The Bertz CT molecular complexity index is 727. The zero-order chi connectivity index (χ0) is 15.0. The van der Waals surface area contributed by atoms with Gasteiger partial charge in [0.2, 0.25) is 0 Å². The van der Waals surface area contributed by atoms with Crippen molar-refractivity contribution in [2.45, 2.75) is 18.8 Å². The number of nitro benzene ring substituents is 1. The highest BCUT2D eigenvalue weighted by atomic mass is 35.5. The monoisotopic (exact) mass is 323 g/mol. The number of nitro groups is 1. The smallest absolute Gasteiger partial charge is 0.270 e. The quantitative estimate of drug-likeness (QED) is 0.684. The Morgan fingerprint density at radius 1 is 1.48 bits per heavy atom. The van der Waals surface area contributed by atoms with Gasteiger partial charge in [-0.05, 0) is 18.9 Å². The van der Waals surface area contributed by atoms with Crippen LogP contribution in [0.2, 0.25) is 5.02 Å². The molecule has 1 heterocycles. The lowest BCUT2D eigenvalue weighted by atomic mass is 10.2. The highest BCUT2D eigenvalue weighted by molar-refractivity contribution is 7.14. The third kappa shape index (κ3) is 3.03. The fraction of sp³-hybridized carbons (Fsp3) is 0.231. The number of benzene rings is 1. The van der Waals surface area contributed by atoms with E-state index < -0.39 is 10.8 Å². The molecule has 0 bridgehead atoms. The fourth-order valence-electron chi connectivity index (χ4n) is 1.88. The number of hydrogen-bond donors (Lipinski definition) is 1. The van der Waals surface area contributed by atoms with Gasteiger partial charge < -0.3 is 0 Å². The molecule has 0 unspecified atom stereocenters. The van der Waals surface area contributed by atoms with Gasteiger partial charge in [0, 0.05) is 23.4 Å². The Balaban J connectivity index is 1.76. The lowest BCUT2D eigenvalue weighted by molar-refractivity contribution is -0.384. The van der Waals surface area contributed by atoms with Crippen molar-refractivity contribution in [2.75, 3.05) is 5.32 Å². The van der Waals surface area contributed by atoms with Crippen LogP contribution in [0.3, 0.4) is 0 Å². The molecule has 108 valence electrons. The number of rotatable bonds is 4. The van der Waals surface area contributed by atoms with E-state index in [1.807, 2.05) is 5.38 Å². The van der Waals surface area contributed by atoms with Gasteiger partial charge in [0.05, 0.1) is 21.2 Å². The third-order valence-electron chi connectivity index (χ3n) is 3.15. The Kier molecular flexibility index (Phi) is 3.60. The summed E-state index contributed by atoms with van der Waals surface area (Å²) in [4.78, 5) is 26.5. The first-order valence-electron chi connectivity index (χ1n) is 6.25. The predicted molar refractivity (Wildman–Crippen MR) is 80.1 cm³/mol. The van der Waals surface area contributed by atoms with Crippen molar-refractivity contribution in [1.29, 1.82) is 0 Å². The van der Waals surface area contributed by atoms with Crippen molar-refractivity contribution in [3.63, 3.8) is 0 Å². The average Bonchev–Trinajstić information content (AvgIpc) is 3.19. The minimum atomic E-state index is -0.559. The van der Waals surface area contributed by atoms with Crippen LogP contribution in [0, 0.1) is 10.1 Å². The van der Waals surface area contributed by atoms with Gasteiger partial charge in [0.1, 0.15) is 0 Å². The Morgan fingerprint density at radius 3 is 2.86 bits per heavy atom. The molecule has 3 rings (SSSR count). The van der Waals surface area contributed by atoms with Gasteiger partial charge in [0.15, 0.2) is 5.13 Å². The number of non-ortho nitro benzene ring substituents is 1. The zero-order valence-electron chi connectivity index (χ0n) is 10.7. The highest BCUT2D eigenvalue weighted by Crippen LogP contribution is 2.41. The molecule has 0 aliphatic heterocycles. The lowest BCUT2D eigenvalue weighted by Crippen LogP contribution is -2.12. The summed E-state index contributed by atoms with van der Waals surface area (Å²) in [6.45, 7) is 0. The number of amides is 1. The van der Waals surface area contributed by atoms with Gasteiger partial charge in [-0.25, -0.2) is 4.98 Å². The molecule has 0 saturated heterocycles. The summed E-state index contributed by atoms with van der Waals surface area (Å²) in [5.41, 5.74) is 1.04. The number of carbonyl (C=O) groups excluding carboxylic acids is 1. The van der Waals surface area contributed by atoms with Crippen LogP contribution >= 0.6 is 22.9 Å². The number of aromatic nitrogens is 1. The van der Waals surface area contributed by atoms with Crippen LogP contribution in [0.1, 0.15) is 34.8 Å². The predicted octanol–water partition coefficient (Wildman–Crippen LogP) is 3.83. The van der Waals surface area contributed by atoms with Crippen LogP contribution in [-0.2, 0) is 0 Å². The molecular formula is C13H10ClN3O3S. The number of anilines is 1. The topological polar surface area (TPSA) is 85.1 Å². The van der Waals surface area contributed by atoms with Crippen molar-refractivity contribution in [3.05, 3.63) is 50.0 Å². The minimum absolute atomic E-state index is 0.0423. The molecule has 8 heteroatoms. The number of halogens is 1. The van der Waals surface area contributed by atoms with E-state index in [-0.39, 0.29) is 16.3 Å². The van der Waals surface area contributed by atoms with Crippen LogP contribution < -0.4 is 5.32 Å². The number of nitrogens with zero attached hydrogens (tertiary/aromatic N) is 2. The molecular weight excluding hydrogens is 314 g/mol. The summed E-state index contributed by atoms with van der Waals surface area (Å²) < 4.78 is 0. The van der Waals surface area contributed by atoms with Crippen LogP contribution in [0.15, 0.2) is 23.6 Å². The average molecular weight is 324 g/mol. The molecule has 1 saturated carbocycles. The molecule has 1 amide bonds. The van der Waals surface area contributed by atoms with E-state index in [4.69, 9.17) is 11.6 Å². The van der Waals surface area contributed by atoms with Crippen LogP contribution in [-0.4, -0.2) is 15.8 Å². The van der Waals surface area contributed by atoms with Crippen LogP contribution in [0.5, 0.6) is 0 Å². The maximum atomic E-state index is 12.1. The molecule has 1 aromatic carbocycles. The van der Waals surface area contributed by atoms with Crippen molar-refractivity contribution in [1.82, 2.24) is 4.98 Å². The second kappa shape index (κ2) is 5.42. The molecule has 1 aromatic heterocycles. The van der Waals surface area contributed by atoms with Gasteiger partial charge >= 0.3 is 0 Å². The summed E-state index contributed by atoms with van der Waals surface area (Å²) in [7, 11) is 0. The number of carbonyl (C=O) groups is 1. The SMILES string of the molecule is O=C(Nc1nc(C2CC2)cs1)c1ccc([N+](=O)[O-])cc1Cl. The van der Waals surface area contributed by atoms with E-state index in [2.05, 4.69) is 10.3 Å². The molecule has 1 fully saturated rings. The summed E-state index contributed by atoms with van der Waals surface area (Å²) in [6.07, 6.45) is 2.29. The summed E-state index contributed by atoms with van der Waals surface area (Å²) in [6, 6.07) is 3.75. The van der Waals surface area contributed by atoms with Crippen molar-refractivity contribution in [2.24, 2.45) is 0 Å². The first-order valence-corrected chi connectivity index (χ1v) is 7.51. The minimum Gasteiger partial charge on any atom is -0.298 e. The van der Waals surface area contributed by atoms with Crippen molar-refractivity contribution in [3.8, 4) is 0 Å². The lowest BCUT2D eigenvalue weighted by Gasteiger charge is -2.03. The van der Waals surface area contributed by atoms with Gasteiger partial charge in [0.25, 0.3) is 11.6 Å². The van der Waals surface area contributed by atoms with E-state index in [1.165, 1.54) is 23.5 Å². The number of hydrogen-bond acceptors (Lipinski definition) is 5. The molecule has 0 radical (unpaired) electrons. The van der Waals surface area contributed by atoms with Gasteiger partial charge in [-0.1, -0.05) is 11.6 Å². The largest absolute Gasteiger partial charge is 0.298 e. The first-order chi connectivity index (χ1) is 10.0. The van der Waals surface area contributed by atoms with Crippen molar-refractivity contribution < 1.29 is 9.72 Å². The van der Waals surface area contributed by atoms with E-state index in [0.29, 0.717) is 11.0 Å². The second-order valence-electron chi connectivity index (χ2n) is 4.73. The number of nitrogens with one attached hydrogen (secondary N) is 1. The van der Waals surface area contributed by atoms with E-state index in [0.717, 1.165) is 24.6 Å². The molecule has 21 heavy (non-hydrogen) atoms. The normalized spacial score (nSPS) is 14.0. The third-order valence-corrected chi connectivity index (χ3v) is 4.23. The Labute approximate surface area is 128 Å². The first kappa shape index (κ1) is 14.0. The van der Waals surface area contributed by atoms with Gasteiger partial charge in [-0.3, -0.25) is 20.2 Å². The Hall–Kier alpha value is -1.99. The molecule has 1 N–H and O–H groups in total. The number of thiazole rings is 1. The maximum Gasteiger partial charge on any atom is 0.270 e. The van der Waals surface area contributed by atoms with E-state index >= 15 is 0 Å². The highest BCUT2D eigenvalue weighted by Gasteiger charge is 2.26. The molecule has 0 atom stereocenters. The molecule has 0 spiro atoms. The summed E-state index contributed by atoms with van der Waals surface area (Å²) in [5, 5.41) is 15.8. The second-order valence-corrected chi connectivity index (χ2v) is 5.99. The van der Waals surface area contributed by atoms with Crippen LogP contribution in [0.25, 0.3) is 0 Å². The molecule has 6 nitrogen and oxygen atoms in total. The summed E-state index contributed by atoms with van der Waals surface area (Å²) in [5.74, 6) is 0.0986. The fourth-order valence-corrected chi connectivity index (χ4v) is 2.92. The van der Waals surface area contributed by atoms with E-state index in [1.54, 1.807) is 0 Å². The Morgan fingerprint density at radius 2 is 2.24 bits per heavy atom. The molecule has 1 aliphatic rings. The van der Waals surface area contributed by atoms with Gasteiger partial charge in [-0.2, -0.15) is 0 Å². The van der Waals surface area contributed by atoms with Gasteiger partial charge in [-0.15, -0.1) is 11.3 Å². The molecule has 2 aromatic rings. The van der Waals surface area contributed by atoms with Crippen molar-refractivity contribution >= 4 is 39.7 Å². The molecule has 1 aliphatic carbocycles.